The van der Waals surface area contributed by atoms with Crippen molar-refractivity contribution < 1.29 is 14.6 Å². The number of aromatic amines is 1. The lowest BCUT2D eigenvalue weighted by atomic mass is 10.1. The van der Waals surface area contributed by atoms with Gasteiger partial charge in [0.25, 0.3) is 6.01 Å². The van der Waals surface area contributed by atoms with Crippen LogP contribution in [0.1, 0.15) is 27.0 Å². The molecule has 0 bridgehead atoms. The fourth-order valence-electron chi connectivity index (χ4n) is 3.43. The first-order valence-electron chi connectivity index (χ1n) is 10.3. The second-order valence-electron chi connectivity index (χ2n) is 7.54. The highest BCUT2D eigenvalue weighted by Crippen LogP contribution is 2.27. The molecule has 2 N–H and O–H groups in total. The molecule has 166 valence electrons. The summed E-state index contributed by atoms with van der Waals surface area (Å²) >= 11 is 6.44. The van der Waals surface area contributed by atoms with Crippen LogP contribution in [0.15, 0.2) is 73.3 Å². The third kappa shape index (κ3) is 4.35. The quantitative estimate of drug-likeness (QED) is 0.335. The highest BCUT2D eigenvalue weighted by molar-refractivity contribution is 6.32. The van der Waals surface area contributed by atoms with Crippen molar-refractivity contribution in [3.63, 3.8) is 0 Å². The fraction of sp³-hybridized carbons (Fsp3) is 0.0385. The van der Waals surface area contributed by atoms with Gasteiger partial charge in [0, 0.05) is 29.2 Å². The first-order valence-corrected chi connectivity index (χ1v) is 10.7. The Balaban J connectivity index is 1.39. The molecule has 2 aromatic heterocycles. The monoisotopic (exact) mass is 468 g/mol. The summed E-state index contributed by atoms with van der Waals surface area (Å²) in [5.41, 5.74) is 4.61. The van der Waals surface area contributed by atoms with Crippen LogP contribution in [0.25, 0.3) is 16.7 Å². The number of hydrogen-bond donors (Lipinski definition) is 2. The number of carboxylic acid groups (broad SMARTS) is 1. The van der Waals surface area contributed by atoms with Gasteiger partial charge >= 0.3 is 5.97 Å². The van der Waals surface area contributed by atoms with Crippen LogP contribution in [-0.4, -0.2) is 30.6 Å². The van der Waals surface area contributed by atoms with Gasteiger partial charge in [-0.3, -0.25) is 0 Å². The Morgan fingerprint density at radius 2 is 1.94 bits per heavy atom. The Kier molecular flexibility index (Phi) is 5.50. The number of aromatic nitrogens is 4. The molecule has 34 heavy (non-hydrogen) atoms. The van der Waals surface area contributed by atoms with Crippen molar-refractivity contribution in [2.24, 2.45) is 0 Å². The molecule has 0 radical (unpaired) electrons. The molecule has 0 spiro atoms. The first kappa shape index (κ1) is 21.3. The SMILES string of the molecule is Cc1ccc(Oc2nc3cc(C#Cc4ccc(-n5ccnc5)cc4)c(Cl)cc3[nH]2)cc1C(=O)O. The second kappa shape index (κ2) is 8.77. The summed E-state index contributed by atoms with van der Waals surface area (Å²) in [6.45, 7) is 1.73. The lowest BCUT2D eigenvalue weighted by molar-refractivity contribution is 0.0695. The van der Waals surface area contributed by atoms with E-state index in [1.54, 1.807) is 43.7 Å². The Labute approximate surface area is 199 Å². The van der Waals surface area contributed by atoms with Crippen LogP contribution in [0.5, 0.6) is 11.8 Å². The van der Waals surface area contributed by atoms with Gasteiger partial charge < -0.3 is 19.4 Å². The number of fused-ring (bicyclic) bond motifs is 1. The minimum atomic E-state index is -1.01. The number of H-pyrrole nitrogens is 1. The highest BCUT2D eigenvalue weighted by atomic mass is 35.5. The standard InChI is InChI=1S/C26H17ClN4O3/c1-16-2-9-20(13-21(16)25(32)33)34-26-29-23-12-18(22(27)14-24(23)30-26)6-3-17-4-7-19(8-5-17)31-11-10-28-15-31/h2,4-5,7-15H,1H3,(H,29,30)(H,32,33). The molecule has 0 atom stereocenters. The molecular weight excluding hydrogens is 452 g/mol. The summed E-state index contributed by atoms with van der Waals surface area (Å²) in [6, 6.07) is 16.4. The van der Waals surface area contributed by atoms with Crippen LogP contribution in [0, 0.1) is 18.8 Å². The van der Waals surface area contributed by atoms with Crippen LogP contribution < -0.4 is 4.74 Å². The molecule has 0 unspecified atom stereocenters. The number of hydrogen-bond acceptors (Lipinski definition) is 4. The van der Waals surface area contributed by atoms with Crippen LogP contribution in [0.2, 0.25) is 5.02 Å². The minimum absolute atomic E-state index is 0.173. The van der Waals surface area contributed by atoms with Crippen molar-refractivity contribution >= 4 is 28.6 Å². The van der Waals surface area contributed by atoms with Gasteiger partial charge in [0.2, 0.25) is 0 Å². The summed E-state index contributed by atoms with van der Waals surface area (Å²) in [7, 11) is 0. The molecule has 0 saturated heterocycles. The number of nitrogens with zero attached hydrogens (tertiary/aromatic N) is 3. The molecule has 0 saturated carbocycles. The Morgan fingerprint density at radius 3 is 2.68 bits per heavy atom. The van der Waals surface area contributed by atoms with E-state index in [2.05, 4.69) is 26.8 Å². The maximum absolute atomic E-state index is 11.4. The molecule has 2 heterocycles. The summed E-state index contributed by atoms with van der Waals surface area (Å²) in [5, 5.41) is 9.79. The zero-order valence-corrected chi connectivity index (χ0v) is 18.7. The van der Waals surface area contributed by atoms with Crippen molar-refractivity contribution in [3.05, 3.63) is 101 Å². The van der Waals surface area contributed by atoms with Gasteiger partial charge in [-0.15, -0.1) is 0 Å². The highest BCUT2D eigenvalue weighted by Gasteiger charge is 2.12. The summed E-state index contributed by atoms with van der Waals surface area (Å²) in [4.78, 5) is 22.9. The maximum Gasteiger partial charge on any atom is 0.336 e. The number of carbonyl (C=O) groups is 1. The van der Waals surface area contributed by atoms with E-state index >= 15 is 0 Å². The normalized spacial score (nSPS) is 10.6. The number of aromatic carboxylic acids is 1. The molecule has 3 aromatic carbocycles. The second-order valence-corrected chi connectivity index (χ2v) is 7.95. The van der Waals surface area contributed by atoms with E-state index in [9.17, 15) is 9.90 Å². The van der Waals surface area contributed by atoms with Gasteiger partial charge in [-0.25, -0.2) is 9.78 Å². The van der Waals surface area contributed by atoms with Crippen molar-refractivity contribution in [3.8, 4) is 29.3 Å². The smallest absolute Gasteiger partial charge is 0.336 e. The Hall–Kier alpha value is -4.54. The van der Waals surface area contributed by atoms with E-state index < -0.39 is 5.97 Å². The summed E-state index contributed by atoms with van der Waals surface area (Å²) < 4.78 is 7.66. The number of nitrogens with one attached hydrogen (secondary N) is 1. The molecule has 0 aliphatic rings. The molecular formula is C26H17ClN4O3. The molecule has 0 fully saturated rings. The number of halogens is 1. The molecule has 5 rings (SSSR count). The predicted octanol–water partition coefficient (Wildman–Crippen LogP) is 5.60. The number of rotatable bonds is 4. The van der Waals surface area contributed by atoms with Gasteiger partial charge in [0.15, 0.2) is 0 Å². The predicted molar refractivity (Wildman–Crippen MR) is 129 cm³/mol. The average molecular weight is 469 g/mol. The van der Waals surface area contributed by atoms with E-state index in [0.717, 1.165) is 11.3 Å². The molecule has 0 aliphatic carbocycles. The Morgan fingerprint density at radius 1 is 1.12 bits per heavy atom. The third-order valence-corrected chi connectivity index (χ3v) is 5.53. The van der Waals surface area contributed by atoms with Crippen LogP contribution >= 0.6 is 11.6 Å². The van der Waals surface area contributed by atoms with Gasteiger partial charge in [0.1, 0.15) is 5.75 Å². The van der Waals surface area contributed by atoms with Crippen molar-refractivity contribution in [2.45, 2.75) is 6.92 Å². The van der Waals surface area contributed by atoms with Crippen molar-refractivity contribution in [1.29, 1.82) is 0 Å². The van der Waals surface area contributed by atoms with Crippen molar-refractivity contribution in [2.75, 3.05) is 0 Å². The number of benzene rings is 3. The van der Waals surface area contributed by atoms with E-state index in [0.29, 0.717) is 32.9 Å². The summed E-state index contributed by atoms with van der Waals surface area (Å²) in [5.74, 6) is 5.58. The Bertz CT molecular complexity index is 1580. The molecule has 0 amide bonds. The van der Waals surface area contributed by atoms with Crippen LogP contribution in [-0.2, 0) is 0 Å². The zero-order valence-electron chi connectivity index (χ0n) is 17.9. The third-order valence-electron chi connectivity index (χ3n) is 5.21. The lowest BCUT2D eigenvalue weighted by Crippen LogP contribution is -2.00. The van der Waals surface area contributed by atoms with Gasteiger partial charge in [-0.2, -0.15) is 4.98 Å². The van der Waals surface area contributed by atoms with Gasteiger partial charge in [-0.05, 0) is 61.0 Å². The van der Waals surface area contributed by atoms with E-state index in [-0.39, 0.29) is 11.6 Å². The molecule has 0 aliphatic heterocycles. The van der Waals surface area contributed by atoms with Gasteiger partial charge in [-0.1, -0.05) is 29.5 Å². The number of ether oxygens (including phenoxy) is 1. The number of carboxylic acids is 1. The first-order chi connectivity index (χ1) is 16.5. The van der Waals surface area contributed by atoms with Gasteiger partial charge in [0.05, 0.1) is 27.9 Å². The van der Waals surface area contributed by atoms with Crippen molar-refractivity contribution in [1.82, 2.24) is 19.5 Å². The van der Waals surface area contributed by atoms with E-state index in [4.69, 9.17) is 16.3 Å². The van der Waals surface area contributed by atoms with E-state index in [1.807, 2.05) is 35.0 Å². The number of aryl methyl sites for hydroxylation is 1. The minimum Gasteiger partial charge on any atom is -0.478 e. The summed E-state index contributed by atoms with van der Waals surface area (Å²) in [6.07, 6.45) is 5.34. The van der Waals surface area contributed by atoms with Crippen LogP contribution in [0.3, 0.4) is 0 Å². The molecule has 5 aromatic rings. The topological polar surface area (TPSA) is 93.0 Å². The lowest BCUT2D eigenvalue weighted by Gasteiger charge is -2.05. The molecule has 8 heteroatoms. The molecule has 7 nitrogen and oxygen atoms in total. The van der Waals surface area contributed by atoms with E-state index in [1.165, 1.54) is 6.07 Å². The largest absolute Gasteiger partial charge is 0.478 e. The zero-order chi connectivity index (χ0) is 23.7. The average Bonchev–Trinajstić information content (AvgIpc) is 3.49. The number of imidazole rings is 2. The van der Waals surface area contributed by atoms with Crippen LogP contribution in [0.4, 0.5) is 0 Å². The maximum atomic E-state index is 11.4. The fourth-order valence-corrected chi connectivity index (χ4v) is 3.64.